The molecule has 0 unspecified atom stereocenters. The second-order valence-corrected chi connectivity index (χ2v) is 4.31. The van der Waals surface area contributed by atoms with Gasteiger partial charge in [0.1, 0.15) is 0 Å². The second-order valence-electron chi connectivity index (χ2n) is 4.31. The van der Waals surface area contributed by atoms with E-state index in [1.165, 1.54) is 0 Å². The zero-order valence-corrected chi connectivity index (χ0v) is 9.36. The number of aromatic nitrogens is 2. The number of nitrogens with zero attached hydrogens (tertiary/aromatic N) is 3. The van der Waals surface area contributed by atoms with E-state index in [4.69, 9.17) is 4.42 Å². The molecule has 15 heavy (non-hydrogen) atoms. The summed E-state index contributed by atoms with van der Waals surface area (Å²) in [6, 6.07) is 0.673. The first-order chi connectivity index (χ1) is 7.25. The molecule has 5 nitrogen and oxygen atoms in total. The summed E-state index contributed by atoms with van der Waals surface area (Å²) >= 11 is 0. The summed E-state index contributed by atoms with van der Waals surface area (Å²) in [5, 5.41) is 11.4. The lowest BCUT2D eigenvalue weighted by Gasteiger charge is -2.24. The molecule has 84 valence electrons. The van der Waals surface area contributed by atoms with Gasteiger partial charge in [0.2, 0.25) is 5.89 Å². The van der Waals surface area contributed by atoms with Gasteiger partial charge in [-0.15, -0.1) is 5.10 Å². The van der Waals surface area contributed by atoms with E-state index in [2.05, 4.69) is 34.3 Å². The molecule has 1 fully saturated rings. The third kappa shape index (κ3) is 2.68. The Balaban J connectivity index is 1.99. The van der Waals surface area contributed by atoms with Crippen LogP contribution in [0.1, 0.15) is 19.7 Å². The summed E-state index contributed by atoms with van der Waals surface area (Å²) in [7, 11) is 0. The molecule has 2 heterocycles. The molecule has 1 aromatic heterocycles. The minimum atomic E-state index is 0.557. The van der Waals surface area contributed by atoms with E-state index < -0.39 is 0 Å². The summed E-state index contributed by atoms with van der Waals surface area (Å²) in [6.07, 6.45) is 0.860. The van der Waals surface area contributed by atoms with Crippen molar-refractivity contribution >= 4 is 6.01 Å². The van der Waals surface area contributed by atoms with Gasteiger partial charge in [-0.2, -0.15) is 0 Å². The van der Waals surface area contributed by atoms with Gasteiger partial charge in [0, 0.05) is 32.6 Å². The van der Waals surface area contributed by atoms with E-state index in [1.807, 2.05) is 0 Å². The number of nitrogens with one attached hydrogen (secondary N) is 1. The van der Waals surface area contributed by atoms with Crippen molar-refractivity contribution in [2.45, 2.75) is 20.3 Å². The molecule has 0 aromatic carbocycles. The maximum atomic E-state index is 5.61. The fraction of sp³-hybridized carbons (Fsp3) is 0.800. The van der Waals surface area contributed by atoms with Crippen molar-refractivity contribution in [3.8, 4) is 0 Å². The maximum absolute atomic E-state index is 5.61. The van der Waals surface area contributed by atoms with Crippen molar-refractivity contribution in [1.82, 2.24) is 15.5 Å². The highest BCUT2D eigenvalue weighted by atomic mass is 16.4. The summed E-state index contributed by atoms with van der Waals surface area (Å²) in [5.74, 6) is 1.31. The Morgan fingerprint density at radius 1 is 1.33 bits per heavy atom. The fourth-order valence-electron chi connectivity index (χ4n) is 1.66. The lowest BCUT2D eigenvalue weighted by molar-refractivity contribution is 0.442. The molecule has 1 aliphatic rings. The molecule has 1 N–H and O–H groups in total. The smallest absolute Gasteiger partial charge is 0.318 e. The van der Waals surface area contributed by atoms with E-state index in [9.17, 15) is 0 Å². The first kappa shape index (κ1) is 10.4. The quantitative estimate of drug-likeness (QED) is 0.795. The Bertz CT molecular complexity index is 304. The standard InChI is InChI=1S/C10H18N4O/c1-8(2)7-9-12-13-10(15-9)14-5-3-11-4-6-14/h8,11H,3-7H2,1-2H3. The van der Waals surface area contributed by atoms with E-state index in [1.54, 1.807) is 0 Å². The maximum Gasteiger partial charge on any atom is 0.318 e. The van der Waals surface area contributed by atoms with Crippen LogP contribution in [0.3, 0.4) is 0 Å². The van der Waals surface area contributed by atoms with E-state index in [-0.39, 0.29) is 0 Å². The van der Waals surface area contributed by atoms with Gasteiger partial charge in [-0.1, -0.05) is 18.9 Å². The molecule has 2 rings (SSSR count). The van der Waals surface area contributed by atoms with Crippen LogP contribution < -0.4 is 10.2 Å². The number of hydrogen-bond acceptors (Lipinski definition) is 5. The highest BCUT2D eigenvalue weighted by molar-refractivity contribution is 5.24. The predicted molar refractivity (Wildman–Crippen MR) is 57.9 cm³/mol. The first-order valence-corrected chi connectivity index (χ1v) is 5.54. The Morgan fingerprint density at radius 3 is 2.73 bits per heavy atom. The van der Waals surface area contributed by atoms with Crippen LogP contribution in [-0.4, -0.2) is 36.4 Å². The highest BCUT2D eigenvalue weighted by Gasteiger charge is 2.16. The van der Waals surface area contributed by atoms with Gasteiger partial charge in [0.05, 0.1) is 0 Å². The van der Waals surface area contributed by atoms with Gasteiger partial charge in [-0.05, 0) is 5.92 Å². The van der Waals surface area contributed by atoms with Crippen LogP contribution in [0.2, 0.25) is 0 Å². The van der Waals surface area contributed by atoms with Gasteiger partial charge in [-0.3, -0.25) is 0 Å². The molecule has 0 radical (unpaired) electrons. The van der Waals surface area contributed by atoms with Crippen molar-refractivity contribution < 1.29 is 4.42 Å². The van der Waals surface area contributed by atoms with Crippen molar-refractivity contribution in [3.05, 3.63) is 5.89 Å². The van der Waals surface area contributed by atoms with Crippen molar-refractivity contribution in [3.63, 3.8) is 0 Å². The summed E-state index contributed by atoms with van der Waals surface area (Å²) in [6.45, 7) is 8.17. The van der Waals surface area contributed by atoms with Crippen LogP contribution in [0.5, 0.6) is 0 Å². The first-order valence-electron chi connectivity index (χ1n) is 5.54. The fourth-order valence-corrected chi connectivity index (χ4v) is 1.66. The summed E-state index contributed by atoms with van der Waals surface area (Å²) in [4.78, 5) is 2.13. The molecule has 0 bridgehead atoms. The van der Waals surface area contributed by atoms with Gasteiger partial charge in [0.25, 0.3) is 0 Å². The zero-order valence-electron chi connectivity index (χ0n) is 9.36. The Kier molecular flexibility index (Phi) is 3.20. The molecule has 5 heteroatoms. The monoisotopic (exact) mass is 210 g/mol. The topological polar surface area (TPSA) is 54.2 Å². The van der Waals surface area contributed by atoms with Crippen molar-refractivity contribution in [1.29, 1.82) is 0 Å². The lowest BCUT2D eigenvalue weighted by Crippen LogP contribution is -2.43. The van der Waals surface area contributed by atoms with Crippen molar-refractivity contribution in [2.24, 2.45) is 5.92 Å². The number of piperazine rings is 1. The lowest BCUT2D eigenvalue weighted by atomic mass is 10.1. The van der Waals surface area contributed by atoms with Gasteiger partial charge >= 0.3 is 6.01 Å². The second kappa shape index (κ2) is 4.61. The third-order valence-electron chi connectivity index (χ3n) is 2.43. The summed E-state index contributed by atoms with van der Waals surface area (Å²) in [5.41, 5.74) is 0. The molecule has 0 spiro atoms. The molecule has 0 aliphatic carbocycles. The van der Waals surface area contributed by atoms with Crippen LogP contribution in [0.15, 0.2) is 4.42 Å². The molecule has 1 aliphatic heterocycles. The van der Waals surface area contributed by atoms with Crippen LogP contribution in [-0.2, 0) is 6.42 Å². The molecule has 0 atom stereocenters. The molecule has 0 saturated carbocycles. The zero-order chi connectivity index (χ0) is 10.7. The Labute approximate surface area is 89.9 Å². The normalized spacial score (nSPS) is 17.4. The average molecular weight is 210 g/mol. The van der Waals surface area contributed by atoms with Gasteiger partial charge in [0.15, 0.2) is 0 Å². The predicted octanol–water partition coefficient (Wildman–Crippen LogP) is 0.678. The van der Waals surface area contributed by atoms with Crippen LogP contribution in [0.4, 0.5) is 6.01 Å². The number of rotatable bonds is 3. The minimum absolute atomic E-state index is 0.557. The third-order valence-corrected chi connectivity index (χ3v) is 2.43. The van der Waals surface area contributed by atoms with Crippen LogP contribution >= 0.6 is 0 Å². The van der Waals surface area contributed by atoms with Crippen molar-refractivity contribution in [2.75, 3.05) is 31.1 Å². The molecule has 0 amide bonds. The largest absolute Gasteiger partial charge is 0.408 e. The summed E-state index contributed by atoms with van der Waals surface area (Å²) < 4.78 is 5.61. The highest BCUT2D eigenvalue weighted by Crippen LogP contribution is 2.14. The van der Waals surface area contributed by atoms with E-state index in [0.717, 1.165) is 38.5 Å². The van der Waals surface area contributed by atoms with Gasteiger partial charge in [-0.25, -0.2) is 0 Å². The number of anilines is 1. The SMILES string of the molecule is CC(C)Cc1nnc(N2CCNCC2)o1. The Morgan fingerprint density at radius 2 is 2.07 bits per heavy atom. The molecular formula is C10H18N4O. The minimum Gasteiger partial charge on any atom is -0.408 e. The van der Waals surface area contributed by atoms with E-state index in [0.29, 0.717) is 11.9 Å². The molecule has 1 saturated heterocycles. The number of hydrogen-bond donors (Lipinski definition) is 1. The average Bonchev–Trinajstić information content (AvgIpc) is 2.67. The Hall–Kier alpha value is -1.10. The van der Waals surface area contributed by atoms with Gasteiger partial charge < -0.3 is 14.6 Å². The molecule has 1 aromatic rings. The van der Waals surface area contributed by atoms with Crippen LogP contribution in [0, 0.1) is 5.92 Å². The van der Waals surface area contributed by atoms with E-state index >= 15 is 0 Å². The van der Waals surface area contributed by atoms with Crippen LogP contribution in [0.25, 0.3) is 0 Å². The molecular weight excluding hydrogens is 192 g/mol.